The summed E-state index contributed by atoms with van der Waals surface area (Å²) in [6.07, 6.45) is 2.25. The highest BCUT2D eigenvalue weighted by Gasteiger charge is 2.29. The number of carbonyl (C=O) groups excluding carboxylic acids is 1. The Balaban J connectivity index is 1.57. The van der Waals surface area contributed by atoms with Crippen molar-refractivity contribution >= 4 is 50.7 Å². The largest absolute Gasteiger partial charge is 0.293 e. The predicted molar refractivity (Wildman–Crippen MR) is 124 cm³/mol. The number of para-hydroxylation sites is 1. The van der Waals surface area contributed by atoms with E-state index in [1.54, 1.807) is 28.8 Å². The number of benzene rings is 2. The van der Waals surface area contributed by atoms with Crippen LogP contribution in [0.2, 0.25) is 5.02 Å². The van der Waals surface area contributed by atoms with E-state index in [1.165, 1.54) is 23.1 Å². The first kappa shape index (κ1) is 19.5. The number of hydrogen-bond acceptors (Lipinski definition) is 5. The van der Waals surface area contributed by atoms with E-state index in [0.717, 1.165) is 34.3 Å². The first-order valence-corrected chi connectivity index (χ1v) is 11.9. The first-order valence-electron chi connectivity index (χ1n) is 9.63. The molecule has 0 atom stereocenters. The number of thiophene rings is 1. The molecule has 150 valence electrons. The monoisotopic (exact) mass is 452 g/mol. The number of thioether (sulfide) groups is 1. The van der Waals surface area contributed by atoms with Crippen molar-refractivity contribution in [3.8, 4) is 5.69 Å². The van der Waals surface area contributed by atoms with E-state index >= 15 is 0 Å². The number of aromatic nitrogens is 2. The van der Waals surface area contributed by atoms with E-state index in [-0.39, 0.29) is 17.1 Å². The highest BCUT2D eigenvalue weighted by atomic mass is 35.5. The summed E-state index contributed by atoms with van der Waals surface area (Å²) < 4.78 is 1.64. The smallest absolute Gasteiger partial charge is 0.267 e. The quantitative estimate of drug-likeness (QED) is 0.206. The third kappa shape index (κ3) is 3.71. The molecule has 7 heteroatoms. The molecule has 0 amide bonds. The second-order valence-corrected chi connectivity index (χ2v) is 9.48. The van der Waals surface area contributed by atoms with Gasteiger partial charge in [0.05, 0.1) is 16.8 Å². The Morgan fingerprint density at radius 3 is 2.70 bits per heavy atom. The number of nitrogens with zero attached hydrogens (tertiary/aromatic N) is 2. The zero-order valence-corrected chi connectivity index (χ0v) is 18.3. The van der Waals surface area contributed by atoms with E-state index in [9.17, 15) is 9.59 Å². The van der Waals surface area contributed by atoms with Crippen LogP contribution in [-0.4, -0.2) is 21.1 Å². The summed E-state index contributed by atoms with van der Waals surface area (Å²) in [5, 5.41) is 3.84. The molecule has 0 radical (unpaired) electrons. The Kier molecular flexibility index (Phi) is 5.23. The number of fused-ring (bicyclic) bond motifs is 1. The van der Waals surface area contributed by atoms with Gasteiger partial charge in [-0.05, 0) is 54.0 Å². The molecule has 4 nitrogen and oxygen atoms in total. The van der Waals surface area contributed by atoms with Gasteiger partial charge in [-0.25, -0.2) is 4.98 Å². The van der Waals surface area contributed by atoms with Crippen LogP contribution in [0.15, 0.2) is 69.9 Å². The van der Waals surface area contributed by atoms with Crippen molar-refractivity contribution in [2.24, 2.45) is 0 Å². The third-order valence-corrected chi connectivity index (χ3v) is 7.18. The highest BCUT2D eigenvalue weighted by molar-refractivity contribution is 7.99. The number of rotatable bonds is 6. The molecule has 1 saturated carbocycles. The average Bonchev–Trinajstić information content (AvgIpc) is 3.51. The van der Waals surface area contributed by atoms with Crippen LogP contribution in [0.3, 0.4) is 0 Å². The molecule has 2 aromatic heterocycles. The molecule has 1 aliphatic rings. The van der Waals surface area contributed by atoms with Crippen molar-refractivity contribution in [3.63, 3.8) is 0 Å². The van der Waals surface area contributed by atoms with Crippen molar-refractivity contribution in [2.75, 3.05) is 5.75 Å². The maximum absolute atomic E-state index is 13.5. The summed E-state index contributed by atoms with van der Waals surface area (Å²) in [6.45, 7) is 0. The Morgan fingerprint density at radius 2 is 1.97 bits per heavy atom. The van der Waals surface area contributed by atoms with Crippen molar-refractivity contribution in [1.29, 1.82) is 0 Å². The molecule has 1 fully saturated rings. The van der Waals surface area contributed by atoms with E-state index < -0.39 is 0 Å². The summed E-state index contributed by atoms with van der Waals surface area (Å²) >= 11 is 8.80. The normalized spacial score (nSPS) is 13.6. The van der Waals surface area contributed by atoms with Gasteiger partial charge in [0.1, 0.15) is 4.83 Å². The van der Waals surface area contributed by atoms with Crippen LogP contribution in [-0.2, 0) is 0 Å². The summed E-state index contributed by atoms with van der Waals surface area (Å²) in [6, 6.07) is 16.4. The minimum absolute atomic E-state index is 0.0543. The van der Waals surface area contributed by atoms with E-state index in [4.69, 9.17) is 16.6 Å². The zero-order chi connectivity index (χ0) is 20.7. The summed E-state index contributed by atoms with van der Waals surface area (Å²) in [5.41, 5.74) is 2.36. The number of ketones is 1. The number of Topliss-reactive ketones (excluding diaryl/α,β-unsaturated/α-hetero) is 1. The lowest BCUT2D eigenvalue weighted by atomic mass is 10.1. The maximum atomic E-state index is 13.5. The van der Waals surface area contributed by atoms with Crippen molar-refractivity contribution in [1.82, 2.24) is 9.55 Å². The SMILES string of the molecule is O=C(CSc1nc2scc(C3CC3)c2c(=O)n1-c1ccccc1)c1cccc(Cl)c1. The molecule has 0 bridgehead atoms. The molecule has 1 aliphatic carbocycles. The third-order valence-electron chi connectivity index (χ3n) is 5.12. The van der Waals surface area contributed by atoms with Crippen LogP contribution in [0.4, 0.5) is 0 Å². The predicted octanol–water partition coefficient (Wildman–Crippen LogP) is 5.95. The van der Waals surface area contributed by atoms with Gasteiger partial charge in [-0.1, -0.05) is 53.7 Å². The van der Waals surface area contributed by atoms with E-state index in [2.05, 4.69) is 5.38 Å². The second-order valence-electron chi connectivity index (χ2n) is 7.24. The fraction of sp³-hybridized carbons (Fsp3) is 0.174. The molecule has 0 spiro atoms. The van der Waals surface area contributed by atoms with Gasteiger partial charge in [0.15, 0.2) is 10.9 Å². The Morgan fingerprint density at radius 1 is 1.17 bits per heavy atom. The lowest BCUT2D eigenvalue weighted by molar-refractivity contribution is 0.102. The molecule has 0 N–H and O–H groups in total. The van der Waals surface area contributed by atoms with Crippen LogP contribution >= 0.6 is 34.7 Å². The molecule has 2 heterocycles. The van der Waals surface area contributed by atoms with Gasteiger partial charge in [0, 0.05) is 10.6 Å². The van der Waals surface area contributed by atoms with Crippen LogP contribution in [0.1, 0.15) is 34.7 Å². The average molecular weight is 453 g/mol. The van der Waals surface area contributed by atoms with Crippen LogP contribution in [0.5, 0.6) is 0 Å². The molecule has 2 aromatic carbocycles. The van der Waals surface area contributed by atoms with Gasteiger partial charge < -0.3 is 0 Å². The fourth-order valence-electron chi connectivity index (χ4n) is 3.46. The van der Waals surface area contributed by atoms with E-state index in [0.29, 0.717) is 21.7 Å². The van der Waals surface area contributed by atoms with Gasteiger partial charge in [0.2, 0.25) is 0 Å². The minimum atomic E-state index is -0.0629. The van der Waals surface area contributed by atoms with Crippen LogP contribution in [0, 0.1) is 0 Å². The van der Waals surface area contributed by atoms with Gasteiger partial charge in [-0.3, -0.25) is 14.2 Å². The van der Waals surface area contributed by atoms with Crippen LogP contribution < -0.4 is 5.56 Å². The second kappa shape index (κ2) is 8.02. The fourth-order valence-corrected chi connectivity index (χ4v) is 5.62. The van der Waals surface area contributed by atoms with Gasteiger partial charge >= 0.3 is 0 Å². The van der Waals surface area contributed by atoms with Crippen molar-refractivity contribution in [2.45, 2.75) is 23.9 Å². The number of halogens is 1. The van der Waals surface area contributed by atoms with Crippen molar-refractivity contribution < 1.29 is 4.79 Å². The van der Waals surface area contributed by atoms with Gasteiger partial charge in [0.25, 0.3) is 5.56 Å². The van der Waals surface area contributed by atoms with Crippen LogP contribution in [0.25, 0.3) is 15.9 Å². The Hall–Kier alpha value is -2.41. The first-order chi connectivity index (χ1) is 14.6. The summed E-state index contributed by atoms with van der Waals surface area (Å²) in [4.78, 5) is 31.7. The highest BCUT2D eigenvalue weighted by Crippen LogP contribution is 2.44. The molecule has 0 unspecified atom stereocenters. The molecule has 5 rings (SSSR count). The molecule has 4 aromatic rings. The summed E-state index contributed by atoms with van der Waals surface area (Å²) in [5.74, 6) is 0.591. The van der Waals surface area contributed by atoms with Gasteiger partial charge in [-0.2, -0.15) is 0 Å². The Bertz CT molecular complexity index is 1310. The zero-order valence-electron chi connectivity index (χ0n) is 15.9. The lowest BCUT2D eigenvalue weighted by Crippen LogP contribution is -2.22. The molecular weight excluding hydrogens is 436 g/mol. The molecule has 30 heavy (non-hydrogen) atoms. The topological polar surface area (TPSA) is 52.0 Å². The molecule has 0 saturated heterocycles. The van der Waals surface area contributed by atoms with E-state index in [1.807, 2.05) is 30.3 Å². The summed E-state index contributed by atoms with van der Waals surface area (Å²) in [7, 11) is 0. The molecule has 0 aliphatic heterocycles. The lowest BCUT2D eigenvalue weighted by Gasteiger charge is -2.12. The van der Waals surface area contributed by atoms with Crippen molar-refractivity contribution in [3.05, 3.63) is 86.5 Å². The Labute approximate surface area is 186 Å². The molecular formula is C23H17ClN2O2S2. The van der Waals surface area contributed by atoms with Gasteiger partial charge in [-0.15, -0.1) is 11.3 Å². The maximum Gasteiger partial charge on any atom is 0.267 e. The minimum Gasteiger partial charge on any atom is -0.293 e. The standard InChI is InChI=1S/C23H17ClN2O2S2/c24-16-6-4-5-15(11-16)19(27)13-30-23-25-21-20(18(12-29-21)14-9-10-14)22(28)26(23)17-7-2-1-3-8-17/h1-8,11-12,14H,9-10,13H2. The number of hydrogen-bond donors (Lipinski definition) is 0. The number of carbonyl (C=O) groups is 1.